The maximum Gasteiger partial charge on any atom is 0.0252 e. The molecule has 0 aliphatic carbocycles. The number of hydrogen-bond donors (Lipinski definition) is 1. The molecule has 1 fully saturated rings. The van der Waals surface area contributed by atoms with Crippen molar-refractivity contribution in [3.05, 3.63) is 0 Å². The van der Waals surface area contributed by atoms with E-state index >= 15 is 0 Å². The van der Waals surface area contributed by atoms with Crippen LogP contribution in [0, 0.1) is 11.3 Å². The first kappa shape index (κ1) is 11.0. The van der Waals surface area contributed by atoms with Crippen molar-refractivity contribution in [2.24, 2.45) is 11.3 Å². The zero-order chi connectivity index (χ0) is 10.1. The van der Waals surface area contributed by atoms with Crippen LogP contribution in [-0.2, 0) is 0 Å². The monoisotopic (exact) mass is 183 g/mol. The minimum Gasteiger partial charge on any atom is -0.310 e. The van der Waals surface area contributed by atoms with Crippen molar-refractivity contribution in [1.29, 1.82) is 0 Å². The molecule has 0 bridgehead atoms. The van der Waals surface area contributed by atoms with Gasteiger partial charge >= 0.3 is 0 Å². The Morgan fingerprint density at radius 3 is 2.00 bits per heavy atom. The van der Waals surface area contributed by atoms with E-state index in [0.717, 1.165) is 5.92 Å². The Bertz CT molecular complexity index is 158. The Morgan fingerprint density at radius 1 is 1.15 bits per heavy atom. The molecule has 0 aromatic rings. The molecule has 1 atom stereocenters. The summed E-state index contributed by atoms with van der Waals surface area (Å²) in [7, 11) is 0. The van der Waals surface area contributed by atoms with Crippen LogP contribution in [0.25, 0.3) is 0 Å². The topological polar surface area (TPSA) is 12.0 Å². The highest BCUT2D eigenvalue weighted by atomic mass is 15.0. The molecular formula is C12H25N. The van der Waals surface area contributed by atoms with Gasteiger partial charge < -0.3 is 5.32 Å². The minimum absolute atomic E-state index is 0.366. The van der Waals surface area contributed by atoms with Crippen molar-refractivity contribution in [2.45, 2.75) is 59.4 Å². The van der Waals surface area contributed by atoms with Crippen molar-refractivity contribution in [3.8, 4) is 0 Å². The third kappa shape index (κ3) is 1.90. The van der Waals surface area contributed by atoms with Gasteiger partial charge in [0.1, 0.15) is 0 Å². The first-order valence-corrected chi connectivity index (χ1v) is 5.65. The van der Waals surface area contributed by atoms with Crippen molar-refractivity contribution in [2.75, 3.05) is 6.54 Å². The lowest BCUT2D eigenvalue weighted by Crippen LogP contribution is -2.60. The van der Waals surface area contributed by atoms with Crippen molar-refractivity contribution < 1.29 is 0 Å². The predicted molar refractivity (Wildman–Crippen MR) is 58.9 cm³/mol. The van der Waals surface area contributed by atoms with Gasteiger partial charge in [-0.3, -0.25) is 0 Å². The lowest BCUT2D eigenvalue weighted by molar-refractivity contribution is 0.0544. The minimum atomic E-state index is 0.366. The molecule has 1 saturated heterocycles. The van der Waals surface area contributed by atoms with E-state index in [1.54, 1.807) is 0 Å². The quantitative estimate of drug-likeness (QED) is 0.658. The summed E-state index contributed by atoms with van der Waals surface area (Å²) in [6.45, 7) is 13.0. The van der Waals surface area contributed by atoms with E-state index in [9.17, 15) is 0 Å². The molecule has 1 nitrogen and oxygen atoms in total. The number of nitrogens with one attached hydrogen (secondary N) is 1. The largest absolute Gasteiger partial charge is 0.310 e. The summed E-state index contributed by atoms with van der Waals surface area (Å²) in [4.78, 5) is 0. The molecule has 1 heteroatoms. The molecule has 1 rings (SSSR count). The second kappa shape index (κ2) is 3.61. The van der Waals surface area contributed by atoms with Gasteiger partial charge in [-0.25, -0.2) is 0 Å². The molecule has 0 spiro atoms. The van der Waals surface area contributed by atoms with Gasteiger partial charge in [0.25, 0.3) is 0 Å². The second-order valence-corrected chi connectivity index (χ2v) is 5.76. The van der Waals surface area contributed by atoms with Gasteiger partial charge in [0.2, 0.25) is 0 Å². The van der Waals surface area contributed by atoms with Crippen LogP contribution < -0.4 is 5.32 Å². The van der Waals surface area contributed by atoms with Crippen LogP contribution in [0.5, 0.6) is 0 Å². The number of piperidine rings is 1. The Labute approximate surface area is 83.3 Å². The fourth-order valence-electron chi connectivity index (χ4n) is 2.93. The number of rotatable bonds is 1. The van der Waals surface area contributed by atoms with Crippen LogP contribution in [0.2, 0.25) is 0 Å². The Hall–Kier alpha value is -0.0400. The number of hydrogen-bond acceptors (Lipinski definition) is 1. The summed E-state index contributed by atoms with van der Waals surface area (Å²) in [5.41, 5.74) is 0.743. The lowest BCUT2D eigenvalue weighted by Gasteiger charge is -2.51. The van der Waals surface area contributed by atoms with Gasteiger partial charge in [0.15, 0.2) is 0 Å². The molecule has 0 aromatic heterocycles. The molecule has 0 amide bonds. The molecule has 1 unspecified atom stereocenters. The first-order valence-electron chi connectivity index (χ1n) is 5.65. The van der Waals surface area contributed by atoms with Gasteiger partial charge in [0, 0.05) is 5.54 Å². The molecule has 13 heavy (non-hydrogen) atoms. The maximum atomic E-state index is 3.77. The Morgan fingerprint density at radius 2 is 1.77 bits per heavy atom. The summed E-state index contributed by atoms with van der Waals surface area (Å²) in [6, 6.07) is 0. The second-order valence-electron chi connectivity index (χ2n) is 5.76. The van der Waals surface area contributed by atoms with E-state index in [4.69, 9.17) is 0 Å². The predicted octanol–water partition coefficient (Wildman–Crippen LogP) is 3.20. The fourth-order valence-corrected chi connectivity index (χ4v) is 2.93. The third-order valence-corrected chi connectivity index (χ3v) is 3.76. The molecule has 78 valence electrons. The van der Waals surface area contributed by atoms with Gasteiger partial charge in [-0.15, -0.1) is 0 Å². The molecule has 1 aliphatic rings. The van der Waals surface area contributed by atoms with E-state index in [0.29, 0.717) is 11.0 Å². The molecule has 0 aromatic carbocycles. The van der Waals surface area contributed by atoms with Crippen LogP contribution in [0.15, 0.2) is 0 Å². The molecule has 1 aliphatic heterocycles. The molecule has 0 radical (unpaired) electrons. The Balaban J connectivity index is 2.86. The van der Waals surface area contributed by atoms with Gasteiger partial charge in [-0.05, 0) is 30.7 Å². The highest BCUT2D eigenvalue weighted by Gasteiger charge is 2.44. The standard InChI is InChI=1S/C12H25N/c1-10(2)12(11(3,4)5)8-6-7-9-13-12/h10,13H,6-9H2,1-5H3. The van der Waals surface area contributed by atoms with Crippen molar-refractivity contribution >= 4 is 0 Å². The van der Waals surface area contributed by atoms with E-state index in [1.807, 2.05) is 0 Å². The van der Waals surface area contributed by atoms with E-state index < -0.39 is 0 Å². The van der Waals surface area contributed by atoms with Gasteiger partial charge in [-0.1, -0.05) is 41.0 Å². The first-order chi connectivity index (χ1) is 5.90. The van der Waals surface area contributed by atoms with E-state index in [1.165, 1.54) is 25.8 Å². The fraction of sp³-hybridized carbons (Fsp3) is 1.00. The highest BCUT2D eigenvalue weighted by molar-refractivity contribution is 5.01. The van der Waals surface area contributed by atoms with Crippen LogP contribution >= 0.6 is 0 Å². The lowest BCUT2D eigenvalue weighted by atomic mass is 9.63. The third-order valence-electron chi connectivity index (χ3n) is 3.76. The molecular weight excluding hydrogens is 158 g/mol. The van der Waals surface area contributed by atoms with Crippen LogP contribution in [0.3, 0.4) is 0 Å². The average Bonchev–Trinajstić information content (AvgIpc) is 2.03. The SMILES string of the molecule is CC(C)C1(C(C)(C)C)CCCCN1. The summed E-state index contributed by atoms with van der Waals surface area (Å²) >= 11 is 0. The van der Waals surface area contributed by atoms with Crippen LogP contribution in [0.4, 0.5) is 0 Å². The molecule has 1 heterocycles. The summed E-state index contributed by atoms with van der Waals surface area (Å²) < 4.78 is 0. The summed E-state index contributed by atoms with van der Waals surface area (Å²) in [5, 5.41) is 3.77. The zero-order valence-corrected chi connectivity index (χ0v) is 9.91. The smallest absolute Gasteiger partial charge is 0.0252 e. The van der Waals surface area contributed by atoms with E-state index in [-0.39, 0.29) is 0 Å². The maximum absolute atomic E-state index is 3.77. The van der Waals surface area contributed by atoms with Crippen molar-refractivity contribution in [1.82, 2.24) is 5.32 Å². The van der Waals surface area contributed by atoms with Gasteiger partial charge in [0.05, 0.1) is 0 Å². The van der Waals surface area contributed by atoms with Crippen LogP contribution in [-0.4, -0.2) is 12.1 Å². The van der Waals surface area contributed by atoms with Gasteiger partial charge in [-0.2, -0.15) is 0 Å². The molecule has 1 N–H and O–H groups in total. The highest BCUT2D eigenvalue weighted by Crippen LogP contribution is 2.41. The summed E-state index contributed by atoms with van der Waals surface area (Å²) in [6.07, 6.45) is 4.08. The van der Waals surface area contributed by atoms with Crippen LogP contribution in [0.1, 0.15) is 53.9 Å². The van der Waals surface area contributed by atoms with E-state index in [2.05, 4.69) is 39.9 Å². The average molecular weight is 183 g/mol. The van der Waals surface area contributed by atoms with Crippen molar-refractivity contribution in [3.63, 3.8) is 0 Å². The normalized spacial score (nSPS) is 30.9. The Kier molecular flexibility index (Phi) is 3.06. The zero-order valence-electron chi connectivity index (χ0n) is 9.91. The molecule has 0 saturated carbocycles. The summed E-state index contributed by atoms with van der Waals surface area (Å²) in [5.74, 6) is 0.729.